The monoisotopic (exact) mass is 491 g/mol. The van der Waals surface area contributed by atoms with Gasteiger partial charge in [-0.05, 0) is 56.6 Å². The van der Waals surface area contributed by atoms with E-state index in [0.717, 1.165) is 55.0 Å². The average molecular weight is 492 g/mol. The second-order valence-electron chi connectivity index (χ2n) is 9.81. The summed E-state index contributed by atoms with van der Waals surface area (Å²) in [6.45, 7) is 12.0. The molecule has 7 nitrogen and oxygen atoms in total. The predicted octanol–water partition coefficient (Wildman–Crippen LogP) is 5.31. The van der Waals surface area contributed by atoms with Gasteiger partial charge in [0.25, 0.3) is 0 Å². The van der Waals surface area contributed by atoms with Crippen LogP contribution in [0.15, 0.2) is 36.7 Å². The fraction of sp³-hybridized carbons (Fsp3) is 0.370. The van der Waals surface area contributed by atoms with E-state index in [1.807, 2.05) is 33.8 Å². The fourth-order valence-electron chi connectivity index (χ4n) is 4.86. The highest BCUT2D eigenvalue weighted by Crippen LogP contribution is 2.30. The topological polar surface area (TPSA) is 61.6 Å². The number of halogens is 2. The van der Waals surface area contributed by atoms with Crippen molar-refractivity contribution in [3.63, 3.8) is 0 Å². The number of rotatable bonds is 5. The van der Waals surface area contributed by atoms with Gasteiger partial charge in [0.1, 0.15) is 5.69 Å². The highest BCUT2D eigenvalue weighted by atomic mass is 19.1. The van der Waals surface area contributed by atoms with Crippen LogP contribution in [0, 0.1) is 25.5 Å². The lowest BCUT2D eigenvalue weighted by Crippen LogP contribution is -2.44. The van der Waals surface area contributed by atoms with Crippen molar-refractivity contribution < 1.29 is 8.78 Å². The van der Waals surface area contributed by atoms with E-state index in [0.29, 0.717) is 5.56 Å². The van der Waals surface area contributed by atoms with Crippen LogP contribution in [0.25, 0.3) is 16.9 Å². The van der Waals surface area contributed by atoms with Gasteiger partial charge >= 0.3 is 0 Å². The molecule has 1 N–H and O–H groups in total. The molecule has 0 aliphatic carbocycles. The zero-order valence-corrected chi connectivity index (χ0v) is 21.3. The summed E-state index contributed by atoms with van der Waals surface area (Å²) in [5.41, 5.74) is 5.25. The lowest BCUT2D eigenvalue weighted by Gasteiger charge is -2.34. The minimum atomic E-state index is -0.621. The van der Waals surface area contributed by atoms with Crippen molar-refractivity contribution in [3.05, 3.63) is 65.2 Å². The maximum absolute atomic E-state index is 15.0. The second kappa shape index (κ2) is 9.46. The van der Waals surface area contributed by atoms with Crippen LogP contribution in [-0.4, -0.2) is 57.5 Å². The number of fused-ring (bicyclic) bond motifs is 1. The molecule has 9 heteroatoms. The average Bonchev–Trinajstić information content (AvgIpc) is 3.18. The van der Waals surface area contributed by atoms with E-state index < -0.39 is 11.6 Å². The Morgan fingerprint density at radius 3 is 2.42 bits per heavy atom. The van der Waals surface area contributed by atoms with Crippen LogP contribution in [0.4, 0.5) is 26.1 Å². The minimum Gasteiger partial charge on any atom is -0.369 e. The highest BCUT2D eigenvalue weighted by Gasteiger charge is 2.19. The largest absolute Gasteiger partial charge is 0.369 e. The Bertz CT molecular complexity index is 1420. The molecule has 0 unspecified atom stereocenters. The standard InChI is InChI=1S/C27H31F2N7/c1-16(2)25-18(4)31-26-21(28)13-19(15-36(25)26)24-22(29)14-30-27(33-24)32-23-7-6-20(12-17(23)3)35-10-8-34(5)9-11-35/h6-7,12-16H,8-11H2,1-5H3,(H,30,32,33). The highest BCUT2D eigenvalue weighted by molar-refractivity contribution is 5.67. The molecular formula is C27H31F2N7. The summed E-state index contributed by atoms with van der Waals surface area (Å²) in [5, 5.41) is 3.20. The molecule has 1 aliphatic heterocycles. The number of aryl methyl sites for hydroxylation is 2. The number of nitrogens with zero attached hydrogens (tertiary/aromatic N) is 6. The molecule has 4 heterocycles. The van der Waals surface area contributed by atoms with Gasteiger partial charge in [0.15, 0.2) is 17.3 Å². The lowest BCUT2D eigenvalue weighted by molar-refractivity contribution is 0.313. The number of hydrogen-bond donors (Lipinski definition) is 1. The number of likely N-dealkylation sites (N-methyl/N-ethyl adjacent to an activating group) is 1. The first-order valence-corrected chi connectivity index (χ1v) is 12.2. The van der Waals surface area contributed by atoms with Crippen molar-refractivity contribution >= 4 is 23.0 Å². The Hall–Kier alpha value is -3.59. The van der Waals surface area contributed by atoms with Crippen LogP contribution in [0.3, 0.4) is 0 Å². The minimum absolute atomic E-state index is 0.0288. The van der Waals surface area contributed by atoms with Crippen molar-refractivity contribution in [2.24, 2.45) is 0 Å². The van der Waals surface area contributed by atoms with Gasteiger partial charge in [0, 0.05) is 55.0 Å². The Morgan fingerprint density at radius 1 is 0.972 bits per heavy atom. The Labute approximate surface area is 209 Å². The zero-order valence-electron chi connectivity index (χ0n) is 21.3. The molecule has 0 atom stereocenters. The van der Waals surface area contributed by atoms with E-state index in [1.165, 1.54) is 11.8 Å². The van der Waals surface area contributed by atoms with Gasteiger partial charge in [-0.25, -0.2) is 23.7 Å². The molecule has 0 spiro atoms. The number of aromatic nitrogens is 4. The van der Waals surface area contributed by atoms with Gasteiger partial charge in [-0.1, -0.05) is 13.8 Å². The van der Waals surface area contributed by atoms with Gasteiger partial charge in [0.05, 0.1) is 11.9 Å². The summed E-state index contributed by atoms with van der Waals surface area (Å²) in [6, 6.07) is 7.47. The number of pyridine rings is 1. The third kappa shape index (κ3) is 4.51. The first kappa shape index (κ1) is 24.1. The maximum atomic E-state index is 15.0. The fourth-order valence-corrected chi connectivity index (χ4v) is 4.86. The van der Waals surface area contributed by atoms with Crippen molar-refractivity contribution in [1.82, 2.24) is 24.3 Å². The Morgan fingerprint density at radius 2 is 1.72 bits per heavy atom. The van der Waals surface area contributed by atoms with Crippen LogP contribution >= 0.6 is 0 Å². The van der Waals surface area contributed by atoms with Crippen LogP contribution in [0.1, 0.15) is 36.7 Å². The van der Waals surface area contributed by atoms with Crippen LogP contribution in [0.5, 0.6) is 0 Å². The number of anilines is 3. The van der Waals surface area contributed by atoms with E-state index in [-0.39, 0.29) is 23.2 Å². The SMILES string of the molecule is Cc1cc(N2CCN(C)CC2)ccc1Nc1ncc(F)c(-c2cc(F)c3nc(C)c(C(C)C)n3c2)n1. The van der Waals surface area contributed by atoms with Gasteiger partial charge < -0.3 is 19.5 Å². The third-order valence-electron chi connectivity index (χ3n) is 6.79. The Kier molecular flexibility index (Phi) is 6.34. The van der Waals surface area contributed by atoms with Gasteiger partial charge in [-0.3, -0.25) is 0 Å². The van der Waals surface area contributed by atoms with Gasteiger partial charge in [0.2, 0.25) is 5.95 Å². The summed E-state index contributed by atoms with van der Waals surface area (Å²) in [4.78, 5) is 17.6. The normalized spacial score (nSPS) is 14.7. The molecule has 36 heavy (non-hydrogen) atoms. The molecule has 0 radical (unpaired) electrons. The molecule has 1 aliphatic rings. The molecule has 0 bridgehead atoms. The summed E-state index contributed by atoms with van der Waals surface area (Å²) in [5.74, 6) is -0.776. The van der Waals surface area contributed by atoms with E-state index in [2.05, 4.69) is 49.2 Å². The number of nitrogens with one attached hydrogen (secondary N) is 1. The lowest BCUT2D eigenvalue weighted by atomic mass is 10.1. The maximum Gasteiger partial charge on any atom is 0.227 e. The van der Waals surface area contributed by atoms with Gasteiger partial charge in [-0.15, -0.1) is 0 Å². The van der Waals surface area contributed by atoms with Crippen molar-refractivity contribution in [1.29, 1.82) is 0 Å². The van der Waals surface area contributed by atoms with Crippen molar-refractivity contribution in [2.45, 2.75) is 33.6 Å². The number of piperazine rings is 1. The molecule has 4 aromatic rings. The van der Waals surface area contributed by atoms with E-state index in [4.69, 9.17) is 0 Å². The second-order valence-corrected chi connectivity index (χ2v) is 9.81. The van der Waals surface area contributed by atoms with Crippen LogP contribution in [-0.2, 0) is 0 Å². The van der Waals surface area contributed by atoms with Crippen molar-refractivity contribution in [3.8, 4) is 11.3 Å². The Balaban J connectivity index is 1.45. The molecule has 0 saturated carbocycles. The van der Waals surface area contributed by atoms with Gasteiger partial charge in [-0.2, -0.15) is 0 Å². The molecule has 0 amide bonds. The van der Waals surface area contributed by atoms with Crippen LogP contribution < -0.4 is 10.2 Å². The summed E-state index contributed by atoms with van der Waals surface area (Å²) < 4.78 is 31.5. The smallest absolute Gasteiger partial charge is 0.227 e. The summed E-state index contributed by atoms with van der Waals surface area (Å²) in [7, 11) is 2.14. The third-order valence-corrected chi connectivity index (χ3v) is 6.79. The van der Waals surface area contributed by atoms with E-state index >= 15 is 0 Å². The van der Waals surface area contributed by atoms with Crippen LogP contribution in [0.2, 0.25) is 0 Å². The summed E-state index contributed by atoms with van der Waals surface area (Å²) >= 11 is 0. The number of imidazole rings is 1. The first-order chi connectivity index (χ1) is 17.2. The molecule has 1 aromatic carbocycles. The number of benzene rings is 1. The molecule has 3 aromatic heterocycles. The molecule has 188 valence electrons. The number of hydrogen-bond acceptors (Lipinski definition) is 6. The zero-order chi connectivity index (χ0) is 25.6. The van der Waals surface area contributed by atoms with Crippen molar-refractivity contribution in [2.75, 3.05) is 43.4 Å². The molecule has 1 fully saturated rings. The van der Waals surface area contributed by atoms with E-state index in [1.54, 1.807) is 10.6 Å². The molecule has 1 saturated heterocycles. The quantitative estimate of drug-likeness (QED) is 0.409. The first-order valence-electron chi connectivity index (χ1n) is 12.2. The predicted molar refractivity (Wildman–Crippen MR) is 139 cm³/mol. The molecular weight excluding hydrogens is 460 g/mol. The van der Waals surface area contributed by atoms with E-state index in [9.17, 15) is 8.78 Å². The summed E-state index contributed by atoms with van der Waals surface area (Å²) in [6.07, 6.45) is 2.81. The molecule has 5 rings (SSSR count).